The van der Waals surface area contributed by atoms with E-state index in [-0.39, 0.29) is 5.82 Å². The van der Waals surface area contributed by atoms with Gasteiger partial charge in [0.15, 0.2) is 0 Å². The van der Waals surface area contributed by atoms with E-state index >= 15 is 0 Å². The number of carbonyl (C=O) groups is 1. The van der Waals surface area contributed by atoms with Gasteiger partial charge in [-0.3, -0.25) is 9.78 Å². The molecule has 6 aromatic rings. The third kappa shape index (κ3) is 3.52. The van der Waals surface area contributed by atoms with Gasteiger partial charge >= 0.3 is 5.97 Å². The van der Waals surface area contributed by atoms with Crippen LogP contribution in [0.25, 0.3) is 54.7 Å². The van der Waals surface area contributed by atoms with E-state index in [1.807, 2.05) is 48.5 Å². The number of carboxylic acids is 1. The average Bonchev–Trinajstić information content (AvgIpc) is 3.32. The van der Waals surface area contributed by atoms with Crippen LogP contribution in [0.5, 0.6) is 0 Å². The van der Waals surface area contributed by atoms with Crippen molar-refractivity contribution in [3.63, 3.8) is 0 Å². The Labute approximate surface area is 217 Å². The quantitative estimate of drug-likeness (QED) is 0.262. The summed E-state index contributed by atoms with van der Waals surface area (Å²) in [5.74, 6) is -1.32. The van der Waals surface area contributed by atoms with Crippen LogP contribution in [0.4, 0.5) is 4.39 Å². The molecule has 4 aromatic carbocycles. The number of halogens is 1. The second kappa shape index (κ2) is 8.53. The number of aromatic nitrogens is 2. The minimum atomic E-state index is -1.16. The van der Waals surface area contributed by atoms with E-state index in [1.165, 1.54) is 12.1 Å². The van der Waals surface area contributed by atoms with E-state index in [0.29, 0.717) is 22.0 Å². The molecule has 0 bridgehead atoms. The zero-order valence-electron chi connectivity index (χ0n) is 20.7. The van der Waals surface area contributed by atoms with Crippen molar-refractivity contribution in [2.75, 3.05) is 0 Å². The van der Waals surface area contributed by atoms with Crippen LogP contribution in [0.2, 0.25) is 0 Å². The number of fused-ring (bicyclic) bond motifs is 3. The maximum absolute atomic E-state index is 14.4. The molecule has 0 atom stereocenters. The van der Waals surface area contributed by atoms with Gasteiger partial charge in [-0.2, -0.15) is 5.26 Å². The number of H-pyrrole nitrogens is 1. The highest BCUT2D eigenvalue weighted by molar-refractivity contribution is 6.08. The fraction of sp³-hybridized carbons (Fsp3) is 0.0938. The van der Waals surface area contributed by atoms with Crippen LogP contribution in [0.15, 0.2) is 85.2 Å². The number of carboxylic acid groups (broad SMARTS) is 1. The zero-order valence-corrected chi connectivity index (χ0v) is 20.7. The fourth-order valence-corrected chi connectivity index (χ4v) is 5.20. The SMILES string of the molecule is CC(C)(C(=O)O)c1[nH]c2ccccc2c1-c1ccc2cncc(-c3ccc(C#N)c4ccc(F)cc34)c2c1. The van der Waals surface area contributed by atoms with Gasteiger partial charge in [0.25, 0.3) is 0 Å². The van der Waals surface area contributed by atoms with Gasteiger partial charge in [-0.1, -0.05) is 42.5 Å². The summed E-state index contributed by atoms with van der Waals surface area (Å²) >= 11 is 0. The minimum absolute atomic E-state index is 0.387. The topological polar surface area (TPSA) is 89.8 Å². The second-order valence-electron chi connectivity index (χ2n) is 9.94. The molecule has 2 N–H and O–H groups in total. The molecule has 0 saturated carbocycles. The van der Waals surface area contributed by atoms with Gasteiger partial charge in [-0.05, 0) is 66.1 Å². The van der Waals surface area contributed by atoms with Gasteiger partial charge in [0.2, 0.25) is 0 Å². The molecule has 5 nitrogen and oxygen atoms in total. The highest BCUT2D eigenvalue weighted by atomic mass is 19.1. The maximum Gasteiger partial charge on any atom is 0.315 e. The van der Waals surface area contributed by atoms with Crippen LogP contribution < -0.4 is 0 Å². The van der Waals surface area contributed by atoms with Crippen molar-refractivity contribution in [2.45, 2.75) is 19.3 Å². The lowest BCUT2D eigenvalue weighted by Gasteiger charge is -2.20. The number of nitrogens with one attached hydrogen (secondary N) is 1. The van der Waals surface area contributed by atoms with Gasteiger partial charge in [0.1, 0.15) is 11.2 Å². The lowest BCUT2D eigenvalue weighted by atomic mass is 9.84. The smallest absolute Gasteiger partial charge is 0.315 e. The number of hydrogen-bond donors (Lipinski definition) is 2. The van der Waals surface area contributed by atoms with E-state index in [1.54, 1.807) is 38.4 Å². The van der Waals surface area contributed by atoms with Crippen LogP contribution in [0.3, 0.4) is 0 Å². The third-order valence-electron chi connectivity index (χ3n) is 7.30. The van der Waals surface area contributed by atoms with E-state index in [0.717, 1.165) is 43.9 Å². The highest BCUT2D eigenvalue weighted by Gasteiger charge is 2.34. The van der Waals surface area contributed by atoms with Gasteiger partial charge in [-0.25, -0.2) is 4.39 Å². The predicted molar refractivity (Wildman–Crippen MR) is 147 cm³/mol. The zero-order chi connectivity index (χ0) is 26.6. The Balaban J connectivity index is 1.66. The van der Waals surface area contributed by atoms with E-state index in [4.69, 9.17) is 0 Å². The molecule has 6 rings (SSSR count). The molecule has 6 heteroatoms. The summed E-state index contributed by atoms with van der Waals surface area (Å²) in [4.78, 5) is 20.1. The molecule has 0 aliphatic heterocycles. The molecule has 2 heterocycles. The Hall–Kier alpha value is -5.02. The normalized spacial score (nSPS) is 11.7. The summed E-state index contributed by atoms with van der Waals surface area (Å²) < 4.78 is 14.4. The lowest BCUT2D eigenvalue weighted by molar-refractivity contribution is -0.142. The third-order valence-corrected chi connectivity index (χ3v) is 7.30. The summed E-state index contributed by atoms with van der Waals surface area (Å²) in [5, 5.41) is 23.6. The molecule has 0 spiro atoms. The molecule has 0 aliphatic rings. The Morgan fingerprint density at radius 2 is 1.74 bits per heavy atom. The number of para-hydroxylation sites is 1. The van der Waals surface area contributed by atoms with Crippen molar-refractivity contribution in [2.24, 2.45) is 0 Å². The predicted octanol–water partition coefficient (Wildman–Crippen LogP) is 7.58. The van der Waals surface area contributed by atoms with Gasteiger partial charge in [-0.15, -0.1) is 0 Å². The van der Waals surface area contributed by atoms with Gasteiger partial charge < -0.3 is 10.1 Å². The molecule has 0 fully saturated rings. The van der Waals surface area contributed by atoms with Crippen LogP contribution in [0, 0.1) is 17.1 Å². The first-order valence-electron chi connectivity index (χ1n) is 12.1. The van der Waals surface area contributed by atoms with E-state index in [2.05, 4.69) is 16.0 Å². The van der Waals surface area contributed by atoms with E-state index in [9.17, 15) is 19.6 Å². The minimum Gasteiger partial charge on any atom is -0.481 e. The van der Waals surface area contributed by atoms with Crippen LogP contribution in [0.1, 0.15) is 25.1 Å². The Bertz CT molecular complexity index is 1960. The maximum atomic E-state index is 14.4. The highest BCUT2D eigenvalue weighted by Crippen LogP contribution is 2.42. The lowest BCUT2D eigenvalue weighted by Crippen LogP contribution is -2.29. The molecule has 0 unspecified atom stereocenters. The van der Waals surface area contributed by atoms with Crippen molar-refractivity contribution < 1.29 is 14.3 Å². The molecule has 38 heavy (non-hydrogen) atoms. The standard InChI is InChI=1S/C32H22FN3O2/c1-32(2,31(37)38)30-29(24-5-3-4-6-28(24)36-30)18-7-8-20-16-35-17-27(25(20)13-18)23-11-9-19(15-34)22-12-10-21(33)14-26(22)23/h3-14,16-17,36H,1-2H3,(H,37,38). The Morgan fingerprint density at radius 3 is 2.53 bits per heavy atom. The van der Waals surface area contributed by atoms with Crippen LogP contribution in [-0.2, 0) is 10.2 Å². The van der Waals surface area contributed by atoms with Crippen molar-refractivity contribution in [3.8, 4) is 28.3 Å². The molecule has 184 valence electrons. The summed E-state index contributed by atoms with van der Waals surface area (Å²) in [6, 6.07) is 23.9. The molecule has 0 aliphatic carbocycles. The fourth-order valence-electron chi connectivity index (χ4n) is 5.20. The summed E-state index contributed by atoms with van der Waals surface area (Å²) in [6.07, 6.45) is 3.52. The number of pyridine rings is 1. The molecule has 0 saturated heterocycles. The first-order valence-corrected chi connectivity index (χ1v) is 12.1. The molecule has 0 radical (unpaired) electrons. The number of nitrogens with zero attached hydrogens (tertiary/aromatic N) is 2. The summed E-state index contributed by atoms with van der Waals surface area (Å²) in [5.41, 5.74) is 4.02. The summed E-state index contributed by atoms with van der Waals surface area (Å²) in [6.45, 7) is 3.38. The molecule has 0 amide bonds. The van der Waals surface area contributed by atoms with Crippen LogP contribution >= 0.6 is 0 Å². The molecule has 2 aromatic heterocycles. The summed E-state index contributed by atoms with van der Waals surface area (Å²) in [7, 11) is 0. The number of benzene rings is 4. The van der Waals surface area contributed by atoms with Gasteiger partial charge in [0, 0.05) is 50.9 Å². The number of hydrogen-bond acceptors (Lipinski definition) is 3. The average molecular weight is 500 g/mol. The van der Waals surface area contributed by atoms with E-state index < -0.39 is 11.4 Å². The Morgan fingerprint density at radius 1 is 0.921 bits per heavy atom. The first kappa shape index (κ1) is 23.4. The van der Waals surface area contributed by atoms with Crippen LogP contribution in [-0.4, -0.2) is 21.0 Å². The largest absolute Gasteiger partial charge is 0.481 e. The molecular weight excluding hydrogens is 477 g/mol. The Kier molecular flexibility index (Phi) is 5.25. The van der Waals surface area contributed by atoms with Gasteiger partial charge in [0.05, 0.1) is 11.6 Å². The molecular formula is C32H22FN3O2. The van der Waals surface area contributed by atoms with Crippen molar-refractivity contribution in [1.29, 1.82) is 5.26 Å². The van der Waals surface area contributed by atoms with Crippen molar-refractivity contribution in [3.05, 3.63) is 102 Å². The number of aliphatic carboxylic acids is 1. The number of rotatable bonds is 4. The number of aromatic amines is 1. The number of nitriles is 1. The van der Waals surface area contributed by atoms with Crippen molar-refractivity contribution >= 4 is 38.4 Å². The second-order valence-corrected chi connectivity index (χ2v) is 9.94. The first-order chi connectivity index (χ1) is 18.3. The monoisotopic (exact) mass is 499 g/mol. The van der Waals surface area contributed by atoms with Crippen molar-refractivity contribution in [1.82, 2.24) is 9.97 Å².